The second-order valence-corrected chi connectivity index (χ2v) is 1.96. The predicted octanol–water partition coefficient (Wildman–Crippen LogP) is 2.03. The van der Waals surface area contributed by atoms with Gasteiger partial charge in [0.05, 0.1) is 4.49 Å². The molecule has 0 rings (SSSR count). The summed E-state index contributed by atoms with van der Waals surface area (Å²) in [6, 6.07) is 0. The smallest absolute Gasteiger partial charge is 0.300 e. The summed E-state index contributed by atoms with van der Waals surface area (Å²) in [6.45, 7) is 4.17. The van der Waals surface area contributed by atoms with Gasteiger partial charge in [-0.1, -0.05) is 29.8 Å². The number of aliphatic carboxylic acids is 1. The van der Waals surface area contributed by atoms with Crippen molar-refractivity contribution in [3.05, 3.63) is 11.1 Å². The monoisotopic (exact) mass is 156 g/mol. The summed E-state index contributed by atoms with van der Waals surface area (Å²) in [4.78, 5) is 9.00. The molecular formula is C4H6Cl2O2. The first-order valence-corrected chi connectivity index (χ1v) is 2.42. The molecule has 48 valence electrons. The molecule has 0 saturated carbocycles. The van der Waals surface area contributed by atoms with Crippen molar-refractivity contribution in [3.8, 4) is 0 Å². The number of halogens is 2. The zero-order valence-corrected chi connectivity index (χ0v) is 5.83. The van der Waals surface area contributed by atoms with Gasteiger partial charge in [0.1, 0.15) is 0 Å². The average molecular weight is 157 g/mol. The highest BCUT2D eigenvalue weighted by atomic mass is 35.5. The molecule has 2 nitrogen and oxygen atoms in total. The highest BCUT2D eigenvalue weighted by Crippen LogP contribution is 1.98. The van der Waals surface area contributed by atoms with Crippen molar-refractivity contribution in [2.45, 2.75) is 6.92 Å². The fourth-order valence-electron chi connectivity index (χ4n) is 0. The SMILES string of the molecule is C=C(Cl)Cl.CC(=O)O. The lowest BCUT2D eigenvalue weighted by molar-refractivity contribution is -0.134. The zero-order chi connectivity index (χ0) is 7.15. The first-order chi connectivity index (χ1) is 3.46. The molecule has 8 heavy (non-hydrogen) atoms. The molecule has 0 amide bonds. The van der Waals surface area contributed by atoms with Crippen molar-refractivity contribution in [2.75, 3.05) is 0 Å². The molecule has 0 aliphatic heterocycles. The third-order valence-electron chi connectivity index (χ3n) is 0. The van der Waals surface area contributed by atoms with E-state index in [1.165, 1.54) is 0 Å². The number of hydrogen-bond acceptors (Lipinski definition) is 1. The second kappa shape index (κ2) is 6.79. The van der Waals surface area contributed by atoms with Crippen LogP contribution in [0.15, 0.2) is 11.1 Å². The molecule has 1 N–H and O–H groups in total. The topological polar surface area (TPSA) is 37.3 Å². The number of carboxylic acid groups (broad SMARTS) is 1. The van der Waals surface area contributed by atoms with E-state index in [4.69, 9.17) is 33.1 Å². The molecule has 0 atom stereocenters. The summed E-state index contributed by atoms with van der Waals surface area (Å²) in [7, 11) is 0. The maximum atomic E-state index is 9.00. The van der Waals surface area contributed by atoms with Crippen molar-refractivity contribution in [1.82, 2.24) is 0 Å². The maximum absolute atomic E-state index is 9.00. The number of rotatable bonds is 0. The predicted molar refractivity (Wildman–Crippen MR) is 34.2 cm³/mol. The number of carboxylic acids is 1. The van der Waals surface area contributed by atoms with E-state index in [2.05, 4.69) is 6.58 Å². The van der Waals surface area contributed by atoms with E-state index in [9.17, 15) is 0 Å². The first kappa shape index (κ1) is 10.7. The molecule has 0 bridgehead atoms. The van der Waals surface area contributed by atoms with Crippen LogP contribution < -0.4 is 0 Å². The minimum atomic E-state index is -0.833. The zero-order valence-electron chi connectivity index (χ0n) is 4.32. The Labute approximate surface area is 57.7 Å². The van der Waals surface area contributed by atoms with Crippen molar-refractivity contribution in [2.24, 2.45) is 0 Å². The summed E-state index contributed by atoms with van der Waals surface area (Å²) < 4.78 is 0.111. The Hall–Kier alpha value is -0.210. The highest BCUT2D eigenvalue weighted by Gasteiger charge is 1.65. The quantitative estimate of drug-likeness (QED) is 0.583. The van der Waals surface area contributed by atoms with Gasteiger partial charge in [0.25, 0.3) is 5.97 Å². The van der Waals surface area contributed by atoms with Gasteiger partial charge in [-0.3, -0.25) is 4.79 Å². The van der Waals surface area contributed by atoms with Crippen LogP contribution in [0.2, 0.25) is 0 Å². The first-order valence-electron chi connectivity index (χ1n) is 1.66. The summed E-state index contributed by atoms with van der Waals surface area (Å²) >= 11 is 9.69. The van der Waals surface area contributed by atoms with Gasteiger partial charge < -0.3 is 5.11 Å². The Bertz CT molecular complexity index is 70.0. The van der Waals surface area contributed by atoms with E-state index in [1.807, 2.05) is 0 Å². The largest absolute Gasteiger partial charge is 0.481 e. The van der Waals surface area contributed by atoms with Crippen LogP contribution in [0.5, 0.6) is 0 Å². The summed E-state index contributed by atoms with van der Waals surface area (Å²) in [5, 5.41) is 7.42. The van der Waals surface area contributed by atoms with Gasteiger partial charge in [0.2, 0.25) is 0 Å². The highest BCUT2D eigenvalue weighted by molar-refractivity contribution is 6.55. The summed E-state index contributed by atoms with van der Waals surface area (Å²) in [6.07, 6.45) is 0. The molecule has 0 radical (unpaired) electrons. The van der Waals surface area contributed by atoms with Crippen molar-refractivity contribution in [3.63, 3.8) is 0 Å². The summed E-state index contributed by atoms with van der Waals surface area (Å²) in [5.74, 6) is -0.833. The summed E-state index contributed by atoms with van der Waals surface area (Å²) in [5.41, 5.74) is 0. The second-order valence-electron chi connectivity index (χ2n) is 0.858. The van der Waals surface area contributed by atoms with Crippen molar-refractivity contribution in [1.29, 1.82) is 0 Å². The van der Waals surface area contributed by atoms with Gasteiger partial charge in [0, 0.05) is 6.92 Å². The van der Waals surface area contributed by atoms with Crippen LogP contribution in [-0.4, -0.2) is 11.1 Å². The minimum absolute atomic E-state index is 0.111. The standard InChI is InChI=1S/C2H2Cl2.C2H4O2/c2*1-2(3)4/h1H2;1H3,(H,3,4). The lowest BCUT2D eigenvalue weighted by atomic mass is 10.9. The van der Waals surface area contributed by atoms with E-state index < -0.39 is 5.97 Å². The van der Waals surface area contributed by atoms with Crippen molar-refractivity contribution < 1.29 is 9.90 Å². The van der Waals surface area contributed by atoms with Crippen LogP contribution in [-0.2, 0) is 4.79 Å². The van der Waals surface area contributed by atoms with Gasteiger partial charge in [-0.15, -0.1) is 0 Å². The van der Waals surface area contributed by atoms with Gasteiger partial charge in [0.15, 0.2) is 0 Å². The Balaban J connectivity index is 0. The third kappa shape index (κ3) is 3010. The van der Waals surface area contributed by atoms with Gasteiger partial charge >= 0.3 is 0 Å². The minimum Gasteiger partial charge on any atom is -0.481 e. The van der Waals surface area contributed by atoms with E-state index in [1.54, 1.807) is 0 Å². The normalized spacial score (nSPS) is 6.38. The molecule has 0 fully saturated rings. The molecule has 0 saturated heterocycles. The molecule has 0 aliphatic carbocycles. The Kier molecular flexibility index (Phi) is 9.09. The number of carbonyl (C=O) groups is 1. The Morgan fingerprint density at radius 1 is 1.62 bits per heavy atom. The molecule has 0 aliphatic rings. The molecule has 0 aromatic rings. The Morgan fingerprint density at radius 2 is 1.62 bits per heavy atom. The lowest BCUT2D eigenvalue weighted by Gasteiger charge is -1.59. The van der Waals surface area contributed by atoms with Crippen LogP contribution in [0.3, 0.4) is 0 Å². The van der Waals surface area contributed by atoms with Gasteiger partial charge in [-0.05, 0) is 0 Å². The molecule has 0 unspecified atom stereocenters. The van der Waals surface area contributed by atoms with Gasteiger partial charge in [-0.25, -0.2) is 0 Å². The fraction of sp³-hybridized carbons (Fsp3) is 0.250. The van der Waals surface area contributed by atoms with Crippen LogP contribution >= 0.6 is 23.2 Å². The third-order valence-corrected chi connectivity index (χ3v) is 0. The molecular weight excluding hydrogens is 151 g/mol. The maximum Gasteiger partial charge on any atom is 0.300 e. The fourth-order valence-corrected chi connectivity index (χ4v) is 0. The van der Waals surface area contributed by atoms with Crippen LogP contribution in [0, 0.1) is 0 Å². The van der Waals surface area contributed by atoms with Crippen LogP contribution in [0.1, 0.15) is 6.92 Å². The number of hydrogen-bond donors (Lipinski definition) is 1. The van der Waals surface area contributed by atoms with E-state index in [0.717, 1.165) is 6.92 Å². The van der Waals surface area contributed by atoms with Crippen LogP contribution in [0.25, 0.3) is 0 Å². The van der Waals surface area contributed by atoms with Crippen LogP contribution in [0.4, 0.5) is 0 Å². The molecule has 4 heteroatoms. The van der Waals surface area contributed by atoms with E-state index in [0.29, 0.717) is 0 Å². The van der Waals surface area contributed by atoms with E-state index >= 15 is 0 Å². The average Bonchev–Trinajstić information content (AvgIpc) is 1.25. The molecule has 0 aromatic carbocycles. The van der Waals surface area contributed by atoms with Crippen molar-refractivity contribution >= 4 is 29.2 Å². The molecule has 0 spiro atoms. The lowest BCUT2D eigenvalue weighted by Crippen LogP contribution is -1.78. The molecule has 0 aromatic heterocycles. The van der Waals surface area contributed by atoms with E-state index in [-0.39, 0.29) is 4.49 Å². The van der Waals surface area contributed by atoms with Gasteiger partial charge in [-0.2, -0.15) is 0 Å². The molecule has 0 heterocycles. The Morgan fingerprint density at radius 3 is 1.62 bits per heavy atom.